The van der Waals surface area contributed by atoms with Crippen LogP contribution in [0.5, 0.6) is 0 Å². The molecule has 0 saturated carbocycles. The SMILES string of the molecule is CCNC(C)CCCCN1CCCC(OC)C1. The van der Waals surface area contributed by atoms with Gasteiger partial charge in [-0.2, -0.15) is 0 Å². The Bertz CT molecular complexity index is 187. The Morgan fingerprint density at radius 1 is 1.41 bits per heavy atom. The molecule has 1 aliphatic heterocycles. The van der Waals surface area contributed by atoms with Gasteiger partial charge in [-0.1, -0.05) is 13.3 Å². The van der Waals surface area contributed by atoms with Gasteiger partial charge in [-0.05, 0) is 52.2 Å². The molecule has 0 radical (unpaired) electrons. The van der Waals surface area contributed by atoms with Crippen molar-refractivity contribution in [1.29, 1.82) is 0 Å². The van der Waals surface area contributed by atoms with E-state index in [1.54, 1.807) is 0 Å². The molecule has 0 amide bonds. The molecule has 17 heavy (non-hydrogen) atoms. The highest BCUT2D eigenvalue weighted by atomic mass is 16.5. The predicted molar refractivity (Wildman–Crippen MR) is 73.5 cm³/mol. The summed E-state index contributed by atoms with van der Waals surface area (Å²) in [6.07, 6.45) is 6.98. The lowest BCUT2D eigenvalue weighted by Crippen LogP contribution is -2.39. The van der Waals surface area contributed by atoms with Gasteiger partial charge in [0.1, 0.15) is 0 Å². The van der Waals surface area contributed by atoms with Crippen LogP contribution in [-0.4, -0.2) is 50.3 Å². The summed E-state index contributed by atoms with van der Waals surface area (Å²) >= 11 is 0. The number of likely N-dealkylation sites (tertiary alicyclic amines) is 1. The molecule has 0 aromatic carbocycles. The zero-order valence-corrected chi connectivity index (χ0v) is 11.9. The van der Waals surface area contributed by atoms with Crippen LogP contribution in [0.25, 0.3) is 0 Å². The highest BCUT2D eigenvalue weighted by molar-refractivity contribution is 4.73. The average molecular weight is 242 g/mol. The second-order valence-electron chi connectivity index (χ2n) is 5.26. The third kappa shape index (κ3) is 6.39. The van der Waals surface area contributed by atoms with Crippen LogP contribution < -0.4 is 5.32 Å². The second-order valence-corrected chi connectivity index (χ2v) is 5.26. The van der Waals surface area contributed by atoms with E-state index in [0.29, 0.717) is 12.1 Å². The first-order valence-electron chi connectivity index (χ1n) is 7.24. The van der Waals surface area contributed by atoms with Crippen LogP contribution in [0.2, 0.25) is 0 Å². The van der Waals surface area contributed by atoms with Crippen LogP contribution in [0, 0.1) is 0 Å². The first-order valence-corrected chi connectivity index (χ1v) is 7.24. The molecule has 0 aromatic rings. The van der Waals surface area contributed by atoms with Crippen LogP contribution in [0.15, 0.2) is 0 Å². The Morgan fingerprint density at radius 2 is 2.24 bits per heavy atom. The first kappa shape index (κ1) is 14.9. The van der Waals surface area contributed by atoms with Gasteiger partial charge < -0.3 is 15.0 Å². The molecule has 1 saturated heterocycles. The molecule has 102 valence electrons. The van der Waals surface area contributed by atoms with Crippen molar-refractivity contribution in [2.45, 2.75) is 58.1 Å². The van der Waals surface area contributed by atoms with Gasteiger partial charge in [0.15, 0.2) is 0 Å². The van der Waals surface area contributed by atoms with Crippen molar-refractivity contribution >= 4 is 0 Å². The van der Waals surface area contributed by atoms with Crippen LogP contribution in [-0.2, 0) is 4.74 Å². The monoisotopic (exact) mass is 242 g/mol. The van der Waals surface area contributed by atoms with Gasteiger partial charge in [-0.25, -0.2) is 0 Å². The molecule has 2 unspecified atom stereocenters. The zero-order chi connectivity index (χ0) is 12.5. The van der Waals surface area contributed by atoms with Crippen LogP contribution in [0.3, 0.4) is 0 Å². The molecular weight excluding hydrogens is 212 g/mol. The van der Waals surface area contributed by atoms with Crippen molar-refractivity contribution in [3.05, 3.63) is 0 Å². The number of unbranched alkanes of at least 4 members (excludes halogenated alkanes) is 1. The molecule has 0 spiro atoms. The highest BCUT2D eigenvalue weighted by Crippen LogP contribution is 2.13. The molecule has 1 N–H and O–H groups in total. The lowest BCUT2D eigenvalue weighted by atomic mass is 10.1. The highest BCUT2D eigenvalue weighted by Gasteiger charge is 2.18. The molecule has 0 bridgehead atoms. The number of rotatable bonds is 8. The van der Waals surface area contributed by atoms with E-state index >= 15 is 0 Å². The number of hydrogen-bond acceptors (Lipinski definition) is 3. The van der Waals surface area contributed by atoms with Crippen LogP contribution in [0.4, 0.5) is 0 Å². The normalized spacial score (nSPS) is 23.8. The lowest BCUT2D eigenvalue weighted by Gasteiger charge is -2.31. The predicted octanol–water partition coefficient (Wildman–Crippen LogP) is 2.27. The van der Waals surface area contributed by atoms with Crippen LogP contribution in [0.1, 0.15) is 46.0 Å². The van der Waals surface area contributed by atoms with E-state index in [1.165, 1.54) is 45.2 Å². The van der Waals surface area contributed by atoms with Gasteiger partial charge in [0.05, 0.1) is 6.10 Å². The fourth-order valence-electron chi connectivity index (χ4n) is 2.65. The van der Waals surface area contributed by atoms with Crippen molar-refractivity contribution in [1.82, 2.24) is 10.2 Å². The van der Waals surface area contributed by atoms with Crippen molar-refractivity contribution in [3.8, 4) is 0 Å². The van der Waals surface area contributed by atoms with Crippen molar-refractivity contribution in [2.24, 2.45) is 0 Å². The topological polar surface area (TPSA) is 24.5 Å². The van der Waals surface area contributed by atoms with Gasteiger partial charge in [-0.15, -0.1) is 0 Å². The quantitative estimate of drug-likeness (QED) is 0.661. The maximum atomic E-state index is 5.45. The second kappa shape index (κ2) is 8.90. The van der Waals surface area contributed by atoms with Crippen molar-refractivity contribution in [3.63, 3.8) is 0 Å². The average Bonchev–Trinajstić information content (AvgIpc) is 2.35. The number of ether oxygens (including phenoxy) is 1. The molecule has 3 heteroatoms. The van der Waals surface area contributed by atoms with Crippen LogP contribution >= 0.6 is 0 Å². The number of hydrogen-bond donors (Lipinski definition) is 1. The van der Waals surface area contributed by atoms with E-state index in [1.807, 2.05) is 7.11 Å². The number of nitrogens with one attached hydrogen (secondary N) is 1. The minimum absolute atomic E-state index is 0.476. The zero-order valence-electron chi connectivity index (χ0n) is 11.9. The molecule has 0 aliphatic carbocycles. The third-order valence-corrected chi connectivity index (χ3v) is 3.71. The molecule has 2 atom stereocenters. The van der Waals surface area contributed by atoms with Gasteiger partial charge in [0, 0.05) is 19.7 Å². The van der Waals surface area contributed by atoms with Gasteiger partial charge in [0.25, 0.3) is 0 Å². The standard InChI is InChI=1S/C14H30N2O/c1-4-15-13(2)8-5-6-10-16-11-7-9-14(12-16)17-3/h13-15H,4-12H2,1-3H3. The summed E-state index contributed by atoms with van der Waals surface area (Å²) < 4.78 is 5.45. The number of nitrogens with zero attached hydrogens (tertiary/aromatic N) is 1. The van der Waals surface area contributed by atoms with E-state index < -0.39 is 0 Å². The summed E-state index contributed by atoms with van der Waals surface area (Å²) in [7, 11) is 1.84. The fourth-order valence-corrected chi connectivity index (χ4v) is 2.65. The van der Waals surface area contributed by atoms with Gasteiger partial charge >= 0.3 is 0 Å². The lowest BCUT2D eigenvalue weighted by molar-refractivity contribution is 0.0308. The first-order chi connectivity index (χ1) is 8.26. The Morgan fingerprint density at radius 3 is 2.94 bits per heavy atom. The maximum Gasteiger partial charge on any atom is 0.0698 e. The summed E-state index contributed by atoms with van der Waals surface area (Å²) in [6.45, 7) is 9.20. The molecule has 1 heterocycles. The van der Waals surface area contributed by atoms with Gasteiger partial charge in [0.2, 0.25) is 0 Å². The molecule has 1 rings (SSSR count). The summed E-state index contributed by atoms with van der Waals surface area (Å²) in [5, 5.41) is 3.47. The van der Waals surface area contributed by atoms with Crippen molar-refractivity contribution in [2.75, 3.05) is 33.3 Å². The number of methoxy groups -OCH3 is 1. The molecule has 1 fully saturated rings. The molecule has 1 aliphatic rings. The summed E-state index contributed by atoms with van der Waals surface area (Å²) in [4.78, 5) is 2.57. The van der Waals surface area contributed by atoms with E-state index in [9.17, 15) is 0 Å². The number of piperidine rings is 1. The maximum absolute atomic E-state index is 5.45. The Balaban J connectivity index is 2.02. The summed E-state index contributed by atoms with van der Waals surface area (Å²) in [5.74, 6) is 0. The van der Waals surface area contributed by atoms with E-state index in [4.69, 9.17) is 4.74 Å². The van der Waals surface area contributed by atoms with Crippen molar-refractivity contribution < 1.29 is 4.74 Å². The van der Waals surface area contributed by atoms with E-state index in [2.05, 4.69) is 24.1 Å². The largest absolute Gasteiger partial charge is 0.380 e. The molecule has 3 nitrogen and oxygen atoms in total. The Kier molecular flexibility index (Phi) is 7.82. The Labute approximate surface area is 107 Å². The summed E-state index contributed by atoms with van der Waals surface area (Å²) in [6, 6.07) is 0.674. The minimum Gasteiger partial charge on any atom is -0.380 e. The molecular formula is C14H30N2O. The minimum atomic E-state index is 0.476. The fraction of sp³-hybridized carbons (Fsp3) is 1.00. The smallest absolute Gasteiger partial charge is 0.0698 e. The summed E-state index contributed by atoms with van der Waals surface area (Å²) in [5.41, 5.74) is 0. The van der Waals surface area contributed by atoms with E-state index in [-0.39, 0.29) is 0 Å². The molecule has 0 aromatic heterocycles. The Hall–Kier alpha value is -0.120. The van der Waals surface area contributed by atoms with Gasteiger partial charge in [-0.3, -0.25) is 0 Å². The third-order valence-electron chi connectivity index (χ3n) is 3.71. The van der Waals surface area contributed by atoms with E-state index in [0.717, 1.165) is 13.1 Å².